The number of anilines is 1. The number of unbranched alkanes of at least 4 members (excludes halogenated alkanes) is 1. The van der Waals surface area contributed by atoms with Gasteiger partial charge in [-0.3, -0.25) is 14.4 Å². The van der Waals surface area contributed by atoms with Crippen molar-refractivity contribution in [3.63, 3.8) is 0 Å². The van der Waals surface area contributed by atoms with Gasteiger partial charge < -0.3 is 26.0 Å². The van der Waals surface area contributed by atoms with Crippen LogP contribution in [0, 0.1) is 12.3 Å². The first-order valence-electron chi connectivity index (χ1n) is 14.4. The number of nitrogens with zero attached hydrogens (tertiary/aromatic N) is 1. The first kappa shape index (κ1) is 32.7. The van der Waals surface area contributed by atoms with Crippen LogP contribution in [0.3, 0.4) is 0 Å². The number of ether oxygens (including phenoxy) is 1. The van der Waals surface area contributed by atoms with Gasteiger partial charge in [-0.1, -0.05) is 61.7 Å². The molecule has 2 atom stereocenters. The Morgan fingerprint density at radius 2 is 1.67 bits per heavy atom. The summed E-state index contributed by atoms with van der Waals surface area (Å²) in [6, 6.07) is 18.0. The third kappa shape index (κ3) is 9.60. The maximum atomic E-state index is 14.2. The Hall–Kier alpha value is -4.84. The van der Waals surface area contributed by atoms with Gasteiger partial charge in [-0.2, -0.15) is 0 Å². The van der Waals surface area contributed by atoms with Gasteiger partial charge in [0.25, 0.3) is 5.91 Å². The molecule has 4 N–H and O–H groups in total. The van der Waals surface area contributed by atoms with Gasteiger partial charge >= 0.3 is 6.09 Å². The van der Waals surface area contributed by atoms with Crippen molar-refractivity contribution in [1.82, 2.24) is 10.2 Å². The molecule has 0 aliphatic carbocycles. The molecule has 3 aromatic carbocycles. The first-order chi connectivity index (χ1) is 20.4. The molecule has 0 heterocycles. The summed E-state index contributed by atoms with van der Waals surface area (Å²) in [4.78, 5) is 54.1. The molecule has 226 valence electrons. The fourth-order valence-corrected chi connectivity index (χ4v) is 4.60. The molecule has 0 fully saturated rings. The van der Waals surface area contributed by atoms with E-state index in [1.54, 1.807) is 51.1 Å². The molecule has 43 heavy (non-hydrogen) atoms. The quantitative estimate of drug-likeness (QED) is 0.249. The van der Waals surface area contributed by atoms with Crippen LogP contribution >= 0.6 is 0 Å². The Balaban J connectivity index is 2.04. The Morgan fingerprint density at radius 1 is 1.00 bits per heavy atom. The van der Waals surface area contributed by atoms with E-state index in [0.29, 0.717) is 23.2 Å². The number of fused-ring (bicyclic) bond motifs is 1. The fraction of sp³-hybridized carbons (Fsp3) is 0.353. The monoisotopic (exact) mass is 584 g/mol. The number of nitrogens with one attached hydrogen (secondary N) is 2. The summed E-state index contributed by atoms with van der Waals surface area (Å²) in [5, 5.41) is 7.54. The molecule has 9 nitrogen and oxygen atoms in total. The maximum absolute atomic E-state index is 14.2. The van der Waals surface area contributed by atoms with E-state index in [-0.39, 0.29) is 19.4 Å². The Morgan fingerprint density at radius 3 is 2.28 bits per heavy atom. The second-order valence-corrected chi connectivity index (χ2v) is 11.3. The summed E-state index contributed by atoms with van der Waals surface area (Å²) in [7, 11) is 0. The lowest BCUT2D eigenvalue weighted by Crippen LogP contribution is -2.52. The fourth-order valence-electron chi connectivity index (χ4n) is 4.60. The second kappa shape index (κ2) is 14.9. The minimum atomic E-state index is -1.17. The summed E-state index contributed by atoms with van der Waals surface area (Å²) < 4.78 is 5.38. The molecule has 0 aliphatic rings. The molecule has 3 aromatic rings. The summed E-state index contributed by atoms with van der Waals surface area (Å²) in [5.74, 6) is 0.953. The number of carbonyl (C=O) groups is 4. The number of alkyl carbamates (subject to hydrolysis) is 1. The molecule has 9 heteroatoms. The van der Waals surface area contributed by atoms with Crippen molar-refractivity contribution >= 4 is 40.3 Å². The number of hydrogen-bond acceptors (Lipinski definition) is 5. The topological polar surface area (TPSA) is 131 Å². The molecule has 0 aliphatic heterocycles. The molecule has 0 saturated heterocycles. The third-order valence-corrected chi connectivity index (χ3v) is 6.67. The van der Waals surface area contributed by atoms with Crippen LogP contribution in [-0.2, 0) is 19.1 Å². The van der Waals surface area contributed by atoms with Gasteiger partial charge in [0.05, 0.1) is 0 Å². The van der Waals surface area contributed by atoms with Crippen molar-refractivity contribution < 1.29 is 23.9 Å². The van der Waals surface area contributed by atoms with Gasteiger partial charge in [0.1, 0.15) is 17.7 Å². The molecular weight excluding hydrogens is 544 g/mol. The van der Waals surface area contributed by atoms with Crippen LogP contribution in [-0.4, -0.2) is 46.9 Å². The minimum absolute atomic E-state index is 0.0644. The van der Waals surface area contributed by atoms with Gasteiger partial charge in [-0.05, 0) is 74.2 Å². The highest BCUT2D eigenvalue weighted by Crippen LogP contribution is 2.27. The van der Waals surface area contributed by atoms with Crippen LogP contribution in [0.4, 0.5) is 10.5 Å². The number of nitrogens with two attached hydrogens (primary N) is 1. The number of benzene rings is 3. The van der Waals surface area contributed by atoms with Crippen LogP contribution < -0.4 is 16.4 Å². The largest absolute Gasteiger partial charge is 0.444 e. The number of carbonyl (C=O) groups excluding carboxylic acids is 4. The van der Waals surface area contributed by atoms with Gasteiger partial charge in [-0.15, -0.1) is 6.42 Å². The lowest BCUT2D eigenvalue weighted by atomic mass is 9.99. The molecule has 2 unspecified atom stereocenters. The molecule has 4 amide bonds. The van der Waals surface area contributed by atoms with E-state index in [1.165, 1.54) is 4.90 Å². The summed E-state index contributed by atoms with van der Waals surface area (Å²) >= 11 is 0. The lowest BCUT2D eigenvalue weighted by Gasteiger charge is -2.34. The molecule has 0 bridgehead atoms. The van der Waals surface area contributed by atoms with Crippen molar-refractivity contribution in [2.45, 2.75) is 71.1 Å². The van der Waals surface area contributed by atoms with E-state index < -0.39 is 41.5 Å². The van der Waals surface area contributed by atoms with Crippen molar-refractivity contribution in [2.24, 2.45) is 5.73 Å². The Kier molecular flexibility index (Phi) is 11.3. The highest BCUT2D eigenvalue weighted by Gasteiger charge is 2.36. The van der Waals surface area contributed by atoms with Crippen LogP contribution in [0.1, 0.15) is 70.5 Å². The van der Waals surface area contributed by atoms with Crippen molar-refractivity contribution in [3.8, 4) is 12.3 Å². The number of rotatable bonds is 12. The number of primary amides is 1. The van der Waals surface area contributed by atoms with Gasteiger partial charge in [0, 0.05) is 24.2 Å². The summed E-state index contributed by atoms with van der Waals surface area (Å²) in [6.45, 7) is 7.29. The van der Waals surface area contributed by atoms with Crippen LogP contribution in [0.2, 0.25) is 0 Å². The number of hydrogen-bond donors (Lipinski definition) is 3. The normalized spacial score (nSPS) is 12.4. The van der Waals surface area contributed by atoms with Crippen LogP contribution in [0.15, 0.2) is 66.7 Å². The van der Waals surface area contributed by atoms with Crippen LogP contribution in [0.25, 0.3) is 10.8 Å². The molecule has 0 saturated carbocycles. The smallest absolute Gasteiger partial charge is 0.408 e. The van der Waals surface area contributed by atoms with Crippen molar-refractivity contribution in [3.05, 3.63) is 77.9 Å². The molecule has 0 radical (unpaired) electrons. The van der Waals surface area contributed by atoms with E-state index in [0.717, 1.165) is 17.2 Å². The second-order valence-electron chi connectivity index (χ2n) is 11.3. The zero-order valence-electron chi connectivity index (χ0n) is 25.2. The van der Waals surface area contributed by atoms with E-state index in [4.69, 9.17) is 16.9 Å². The maximum Gasteiger partial charge on any atom is 0.408 e. The van der Waals surface area contributed by atoms with E-state index >= 15 is 0 Å². The highest BCUT2D eigenvalue weighted by molar-refractivity contribution is 6.00. The predicted molar refractivity (Wildman–Crippen MR) is 168 cm³/mol. The zero-order chi connectivity index (χ0) is 31.6. The van der Waals surface area contributed by atoms with Gasteiger partial charge in [0.15, 0.2) is 0 Å². The number of terminal acetylenes is 1. The van der Waals surface area contributed by atoms with Crippen molar-refractivity contribution in [1.29, 1.82) is 0 Å². The minimum Gasteiger partial charge on any atom is -0.444 e. The first-order valence-corrected chi connectivity index (χ1v) is 14.4. The third-order valence-electron chi connectivity index (χ3n) is 6.67. The lowest BCUT2D eigenvalue weighted by molar-refractivity contribution is -0.141. The molecule has 0 aromatic heterocycles. The Bertz CT molecular complexity index is 1490. The summed E-state index contributed by atoms with van der Waals surface area (Å²) in [5.41, 5.74) is 6.30. The van der Waals surface area contributed by atoms with Crippen molar-refractivity contribution in [2.75, 3.05) is 11.9 Å². The SMILES string of the molecule is C#Cc1ccc(C(C(=O)Nc2ccc3ccccc3c2)N(CCCC)C(=O)C(CCC(N)=O)NC(=O)OC(C)(C)C)cc1. The van der Waals surface area contributed by atoms with Crippen LogP contribution in [0.5, 0.6) is 0 Å². The van der Waals surface area contributed by atoms with Gasteiger partial charge in [0.2, 0.25) is 11.8 Å². The number of amides is 4. The van der Waals surface area contributed by atoms with E-state index in [1.807, 2.05) is 43.3 Å². The standard InChI is InChI=1S/C34H40N4O5/c1-6-8-21-38(32(41)28(19-20-29(35)39)37-33(42)43-34(3,4)5)30(25-15-13-23(7-2)14-16-25)31(40)36-27-18-17-24-11-9-10-12-26(24)22-27/h2,9-18,22,28,30H,6,8,19-21H2,1,3-5H3,(H2,35,39)(H,36,40)(H,37,42). The highest BCUT2D eigenvalue weighted by atomic mass is 16.6. The molecule has 0 spiro atoms. The Labute approximate surface area is 253 Å². The molecular formula is C34H40N4O5. The van der Waals surface area contributed by atoms with Gasteiger partial charge in [-0.25, -0.2) is 4.79 Å². The van der Waals surface area contributed by atoms with E-state index in [9.17, 15) is 19.2 Å². The predicted octanol–water partition coefficient (Wildman–Crippen LogP) is 5.29. The average molecular weight is 585 g/mol. The van der Waals surface area contributed by atoms with E-state index in [2.05, 4.69) is 16.6 Å². The molecule has 3 rings (SSSR count). The zero-order valence-corrected chi connectivity index (χ0v) is 25.2. The summed E-state index contributed by atoms with van der Waals surface area (Å²) in [6.07, 6.45) is 5.85. The average Bonchev–Trinajstić information content (AvgIpc) is 2.96.